The molecule has 8 nitrogen and oxygen atoms in total. The Morgan fingerprint density at radius 1 is 1.16 bits per heavy atom. The summed E-state index contributed by atoms with van der Waals surface area (Å²) in [4.78, 5) is 38.2. The summed E-state index contributed by atoms with van der Waals surface area (Å²) in [6, 6.07) is 8.73. The minimum absolute atomic E-state index is 0.130. The van der Waals surface area contributed by atoms with Gasteiger partial charge in [0.05, 0.1) is 32.8 Å². The molecule has 0 bridgehead atoms. The molecule has 0 aliphatic heterocycles. The van der Waals surface area contributed by atoms with E-state index in [2.05, 4.69) is 5.32 Å². The number of methoxy groups -OCH3 is 3. The monoisotopic (exact) mass is 440 g/mol. The molecule has 31 heavy (non-hydrogen) atoms. The predicted molar refractivity (Wildman–Crippen MR) is 114 cm³/mol. The van der Waals surface area contributed by atoms with E-state index in [1.54, 1.807) is 31.4 Å². The van der Waals surface area contributed by atoms with Crippen molar-refractivity contribution in [1.82, 2.24) is 0 Å². The van der Waals surface area contributed by atoms with E-state index in [9.17, 15) is 19.6 Å². The maximum Gasteiger partial charge on any atom is 0.341 e. The third-order valence-electron chi connectivity index (χ3n) is 4.92. The molecule has 0 saturated heterocycles. The number of thiophene rings is 1. The summed E-state index contributed by atoms with van der Waals surface area (Å²) in [5.41, 5.74) is 1.15. The molecule has 1 amide bonds. The third-order valence-corrected chi connectivity index (χ3v) is 6.11. The molecule has 0 saturated carbocycles. The Labute approximate surface area is 183 Å². The number of carbonyl (C=O) groups is 3. The zero-order valence-corrected chi connectivity index (χ0v) is 18.0. The molecular formula is C22H20N2O6S. The van der Waals surface area contributed by atoms with E-state index in [0.717, 1.165) is 4.88 Å². The molecule has 0 fully saturated rings. The van der Waals surface area contributed by atoms with Crippen LogP contribution in [-0.4, -0.2) is 39.2 Å². The van der Waals surface area contributed by atoms with Gasteiger partial charge < -0.3 is 19.5 Å². The van der Waals surface area contributed by atoms with Crippen molar-refractivity contribution in [3.05, 3.63) is 51.4 Å². The second kappa shape index (κ2) is 9.45. The Morgan fingerprint density at radius 3 is 2.45 bits per heavy atom. The summed E-state index contributed by atoms with van der Waals surface area (Å²) < 4.78 is 14.8. The van der Waals surface area contributed by atoms with Crippen molar-refractivity contribution in [2.24, 2.45) is 0 Å². The molecule has 1 atom stereocenters. The van der Waals surface area contributed by atoms with Gasteiger partial charge in [0.15, 0.2) is 0 Å². The summed E-state index contributed by atoms with van der Waals surface area (Å²) in [6.45, 7) is 0. The lowest BCUT2D eigenvalue weighted by Gasteiger charge is -2.11. The summed E-state index contributed by atoms with van der Waals surface area (Å²) in [5.74, 6) is -1.73. The molecule has 0 radical (unpaired) electrons. The van der Waals surface area contributed by atoms with Crippen LogP contribution in [0.25, 0.3) is 6.08 Å². The number of ether oxygens (including phenoxy) is 3. The first-order valence-corrected chi connectivity index (χ1v) is 10.1. The lowest BCUT2D eigenvalue weighted by Crippen LogP contribution is -2.18. The quantitative estimate of drug-likeness (QED) is 0.416. The van der Waals surface area contributed by atoms with Crippen LogP contribution in [0.2, 0.25) is 0 Å². The lowest BCUT2D eigenvalue weighted by atomic mass is 9.99. The van der Waals surface area contributed by atoms with Gasteiger partial charge in [0.1, 0.15) is 22.4 Å². The van der Waals surface area contributed by atoms with E-state index in [0.29, 0.717) is 29.7 Å². The fourth-order valence-electron chi connectivity index (χ4n) is 3.42. The first-order chi connectivity index (χ1) is 14.9. The van der Waals surface area contributed by atoms with E-state index in [-0.39, 0.29) is 16.1 Å². The predicted octanol–water partition coefficient (Wildman–Crippen LogP) is 3.29. The number of anilines is 1. The molecule has 1 N–H and O–H groups in total. The molecule has 9 heteroatoms. The third kappa shape index (κ3) is 4.44. The molecule has 1 aromatic heterocycles. The van der Waals surface area contributed by atoms with Crippen LogP contribution >= 0.6 is 11.3 Å². The second-order valence-corrected chi connectivity index (χ2v) is 7.75. The van der Waals surface area contributed by atoms with Crippen molar-refractivity contribution in [3.8, 4) is 11.8 Å². The van der Waals surface area contributed by atoms with Crippen molar-refractivity contribution in [3.63, 3.8) is 0 Å². The molecule has 1 aromatic carbocycles. The first kappa shape index (κ1) is 22.1. The number of esters is 2. The molecular weight excluding hydrogens is 420 g/mol. The van der Waals surface area contributed by atoms with Crippen LogP contribution in [0.3, 0.4) is 0 Å². The minimum atomic E-state index is -0.669. The average Bonchev–Trinajstić information content (AvgIpc) is 3.35. The van der Waals surface area contributed by atoms with Gasteiger partial charge in [-0.15, -0.1) is 11.3 Å². The number of amides is 1. The number of benzene rings is 1. The van der Waals surface area contributed by atoms with Crippen LogP contribution in [0.5, 0.6) is 5.75 Å². The van der Waals surface area contributed by atoms with Gasteiger partial charge in [-0.3, -0.25) is 9.59 Å². The number of carbonyl (C=O) groups excluding carboxylic acids is 3. The summed E-state index contributed by atoms with van der Waals surface area (Å²) in [7, 11) is 4.06. The molecule has 160 valence electrons. The molecule has 1 aliphatic carbocycles. The highest BCUT2D eigenvalue weighted by molar-refractivity contribution is 7.17. The molecule has 1 unspecified atom stereocenters. The van der Waals surface area contributed by atoms with E-state index < -0.39 is 23.8 Å². The van der Waals surface area contributed by atoms with E-state index in [1.807, 2.05) is 6.07 Å². The van der Waals surface area contributed by atoms with Gasteiger partial charge in [0, 0.05) is 4.88 Å². The highest BCUT2D eigenvalue weighted by Gasteiger charge is 2.38. The van der Waals surface area contributed by atoms with Gasteiger partial charge >= 0.3 is 11.9 Å². The van der Waals surface area contributed by atoms with Crippen molar-refractivity contribution in [1.29, 1.82) is 5.26 Å². The summed E-state index contributed by atoms with van der Waals surface area (Å²) in [6.07, 6.45) is 2.53. The average molecular weight is 440 g/mol. The molecule has 0 spiro atoms. The highest BCUT2D eigenvalue weighted by atomic mass is 32.1. The van der Waals surface area contributed by atoms with Crippen LogP contribution in [-0.2, 0) is 25.5 Å². The lowest BCUT2D eigenvalue weighted by molar-refractivity contribution is -0.142. The Kier molecular flexibility index (Phi) is 6.72. The van der Waals surface area contributed by atoms with Crippen LogP contribution in [0.4, 0.5) is 5.00 Å². The second-order valence-electron chi connectivity index (χ2n) is 6.65. The smallest absolute Gasteiger partial charge is 0.341 e. The maximum absolute atomic E-state index is 12.8. The van der Waals surface area contributed by atoms with Gasteiger partial charge in [0.25, 0.3) is 5.91 Å². The fraction of sp³-hybridized carbons (Fsp3) is 0.273. The zero-order chi connectivity index (χ0) is 22.5. The topological polar surface area (TPSA) is 115 Å². The van der Waals surface area contributed by atoms with Gasteiger partial charge in [0.2, 0.25) is 0 Å². The van der Waals surface area contributed by atoms with E-state index in [4.69, 9.17) is 14.2 Å². The Balaban J connectivity index is 1.93. The zero-order valence-electron chi connectivity index (χ0n) is 17.2. The van der Waals surface area contributed by atoms with Crippen LogP contribution in [0.15, 0.2) is 29.8 Å². The number of fused-ring (bicyclic) bond motifs is 1. The molecule has 2 aromatic rings. The number of aryl methyl sites for hydroxylation is 1. The summed E-state index contributed by atoms with van der Waals surface area (Å²) >= 11 is 1.20. The highest BCUT2D eigenvalue weighted by Crippen LogP contribution is 2.46. The Morgan fingerprint density at radius 2 is 1.87 bits per heavy atom. The Hall–Kier alpha value is -3.64. The van der Waals surface area contributed by atoms with E-state index >= 15 is 0 Å². The standard InChI is InChI=1S/C22H20N2O6S/c1-28-14-6-4-12(5-7-14)10-13(11-23)19(25)24-20-18(22(27)30-3)17-15(21(26)29-2)8-9-16(17)31-20/h4-7,10,15H,8-9H2,1-3H3,(H,24,25)/b13-10+. The van der Waals surface area contributed by atoms with Crippen molar-refractivity contribution >= 4 is 40.3 Å². The fourth-order valence-corrected chi connectivity index (χ4v) is 4.68. The number of nitriles is 1. The van der Waals surface area contributed by atoms with Gasteiger partial charge in [-0.2, -0.15) is 5.26 Å². The normalized spacial score (nSPS) is 14.9. The van der Waals surface area contributed by atoms with Gasteiger partial charge in [-0.05, 0) is 42.2 Å². The number of hydrogen-bond acceptors (Lipinski definition) is 8. The van der Waals surface area contributed by atoms with Crippen molar-refractivity contribution < 1.29 is 28.6 Å². The number of nitrogens with one attached hydrogen (secondary N) is 1. The SMILES string of the molecule is COC(=O)c1c(NC(=O)/C(C#N)=C/c2ccc(OC)cc2)sc2c1C(C(=O)OC)CC2. The molecule has 3 rings (SSSR count). The van der Waals surface area contributed by atoms with E-state index in [1.165, 1.54) is 31.6 Å². The largest absolute Gasteiger partial charge is 0.497 e. The number of nitrogens with zero attached hydrogens (tertiary/aromatic N) is 1. The van der Waals surface area contributed by atoms with Gasteiger partial charge in [-0.1, -0.05) is 12.1 Å². The Bertz CT molecular complexity index is 1090. The van der Waals surface area contributed by atoms with Crippen molar-refractivity contribution in [2.75, 3.05) is 26.6 Å². The number of rotatable bonds is 6. The maximum atomic E-state index is 12.8. The van der Waals surface area contributed by atoms with Gasteiger partial charge in [-0.25, -0.2) is 4.79 Å². The van der Waals surface area contributed by atoms with Crippen LogP contribution in [0.1, 0.15) is 38.7 Å². The molecule has 1 heterocycles. The first-order valence-electron chi connectivity index (χ1n) is 9.32. The molecule has 1 aliphatic rings. The van der Waals surface area contributed by atoms with Crippen LogP contribution < -0.4 is 10.1 Å². The van der Waals surface area contributed by atoms with Crippen LogP contribution in [0, 0.1) is 11.3 Å². The van der Waals surface area contributed by atoms with Crippen molar-refractivity contribution in [2.45, 2.75) is 18.8 Å². The summed E-state index contributed by atoms with van der Waals surface area (Å²) in [5, 5.41) is 12.4. The number of hydrogen-bond donors (Lipinski definition) is 1. The minimum Gasteiger partial charge on any atom is -0.497 e.